The highest BCUT2D eigenvalue weighted by Crippen LogP contribution is 2.18. The molecule has 1 saturated heterocycles. The van der Waals surface area contributed by atoms with E-state index in [0.717, 1.165) is 22.2 Å². The van der Waals surface area contributed by atoms with E-state index < -0.39 is 0 Å². The molecule has 2 rings (SSSR count). The number of halogens is 1. The Morgan fingerprint density at radius 3 is 2.94 bits per heavy atom. The van der Waals surface area contributed by atoms with Gasteiger partial charge < -0.3 is 4.90 Å². The molecule has 0 unspecified atom stereocenters. The van der Waals surface area contributed by atoms with Crippen LogP contribution in [0.5, 0.6) is 0 Å². The quantitative estimate of drug-likeness (QED) is 0.921. The van der Waals surface area contributed by atoms with Crippen molar-refractivity contribution in [2.75, 3.05) is 18.2 Å². The van der Waals surface area contributed by atoms with E-state index in [0.29, 0.717) is 13.1 Å². The van der Waals surface area contributed by atoms with Crippen molar-refractivity contribution in [2.45, 2.75) is 19.5 Å². The molecule has 0 saturated carbocycles. The number of hydrogen-bond acceptors (Lipinski definition) is 3. The van der Waals surface area contributed by atoms with Gasteiger partial charge in [0.05, 0.1) is 6.04 Å². The Bertz CT molecular complexity index is 421. The number of amides is 1. The Balaban J connectivity index is 2.05. The van der Waals surface area contributed by atoms with Crippen molar-refractivity contribution in [1.29, 1.82) is 0 Å². The Kier molecular flexibility index (Phi) is 4.92. The lowest BCUT2D eigenvalue weighted by Gasteiger charge is -2.24. The summed E-state index contributed by atoms with van der Waals surface area (Å²) in [5.41, 5.74) is 1.00. The van der Waals surface area contributed by atoms with Crippen LogP contribution in [0.1, 0.15) is 12.5 Å². The van der Waals surface area contributed by atoms with Crippen LogP contribution in [0.15, 0.2) is 24.3 Å². The molecule has 0 aliphatic carbocycles. The number of hydrogen-bond donors (Lipinski definition) is 1. The standard InChI is InChI=1S/C13H17ClN2OS/c1-2-16(13(17)12-8-18-9-15-12)7-10-5-3-4-6-11(10)14/h3-6,12,15H,2,7-9H2,1H3/t12-/m1/s1. The Morgan fingerprint density at radius 1 is 1.56 bits per heavy atom. The average molecular weight is 285 g/mol. The Hall–Kier alpha value is -0.710. The maximum atomic E-state index is 12.3. The van der Waals surface area contributed by atoms with E-state index in [1.54, 1.807) is 11.8 Å². The first-order chi connectivity index (χ1) is 8.72. The monoisotopic (exact) mass is 284 g/mol. The topological polar surface area (TPSA) is 32.3 Å². The van der Waals surface area contributed by atoms with Crippen molar-refractivity contribution in [3.05, 3.63) is 34.9 Å². The molecule has 18 heavy (non-hydrogen) atoms. The third-order valence-electron chi connectivity index (χ3n) is 3.03. The molecule has 0 radical (unpaired) electrons. The third kappa shape index (κ3) is 3.19. The van der Waals surface area contributed by atoms with Gasteiger partial charge in [-0.2, -0.15) is 0 Å². The SMILES string of the molecule is CCN(Cc1ccccc1Cl)C(=O)[C@H]1CSCN1. The fourth-order valence-electron chi connectivity index (χ4n) is 1.95. The molecule has 1 aliphatic heterocycles. The highest BCUT2D eigenvalue weighted by Gasteiger charge is 2.26. The largest absolute Gasteiger partial charge is 0.337 e. The fraction of sp³-hybridized carbons (Fsp3) is 0.462. The van der Waals surface area contributed by atoms with Gasteiger partial charge in [0.15, 0.2) is 0 Å². The van der Waals surface area contributed by atoms with Gasteiger partial charge in [-0.1, -0.05) is 29.8 Å². The number of likely N-dealkylation sites (N-methyl/N-ethyl adjacent to an activating group) is 1. The van der Waals surface area contributed by atoms with Crippen molar-refractivity contribution in [3.63, 3.8) is 0 Å². The molecular formula is C13H17ClN2OS. The maximum absolute atomic E-state index is 12.3. The number of nitrogens with one attached hydrogen (secondary N) is 1. The van der Waals surface area contributed by atoms with Crippen LogP contribution in [-0.4, -0.2) is 35.0 Å². The first-order valence-electron chi connectivity index (χ1n) is 6.05. The number of benzene rings is 1. The number of thioether (sulfide) groups is 1. The second kappa shape index (κ2) is 6.45. The highest BCUT2D eigenvalue weighted by atomic mass is 35.5. The summed E-state index contributed by atoms with van der Waals surface area (Å²) in [7, 11) is 0. The van der Waals surface area contributed by atoms with Crippen LogP contribution in [0.2, 0.25) is 5.02 Å². The molecule has 0 bridgehead atoms. The summed E-state index contributed by atoms with van der Waals surface area (Å²) in [5, 5.41) is 3.93. The summed E-state index contributed by atoms with van der Waals surface area (Å²) < 4.78 is 0. The van der Waals surface area contributed by atoms with E-state index in [1.807, 2.05) is 36.1 Å². The first-order valence-corrected chi connectivity index (χ1v) is 7.59. The number of rotatable bonds is 4. The van der Waals surface area contributed by atoms with Crippen LogP contribution >= 0.6 is 23.4 Å². The van der Waals surface area contributed by atoms with Gasteiger partial charge in [0.2, 0.25) is 5.91 Å². The normalized spacial score (nSPS) is 18.9. The third-order valence-corrected chi connectivity index (χ3v) is 4.34. The lowest BCUT2D eigenvalue weighted by molar-refractivity contribution is -0.133. The molecule has 1 aromatic rings. The molecule has 5 heteroatoms. The zero-order valence-corrected chi connectivity index (χ0v) is 11.9. The first kappa shape index (κ1) is 13.7. The van der Waals surface area contributed by atoms with Crippen LogP contribution < -0.4 is 5.32 Å². The summed E-state index contributed by atoms with van der Waals surface area (Å²) in [5.74, 6) is 1.89. The van der Waals surface area contributed by atoms with E-state index >= 15 is 0 Å². The molecule has 0 spiro atoms. The smallest absolute Gasteiger partial charge is 0.240 e. The summed E-state index contributed by atoms with van der Waals surface area (Å²) in [6.45, 7) is 3.28. The molecule has 1 atom stereocenters. The van der Waals surface area contributed by atoms with Gasteiger partial charge in [-0.15, -0.1) is 11.8 Å². The minimum Gasteiger partial charge on any atom is -0.337 e. The van der Waals surface area contributed by atoms with Gasteiger partial charge in [-0.25, -0.2) is 0 Å². The minimum absolute atomic E-state index is 0.0440. The highest BCUT2D eigenvalue weighted by molar-refractivity contribution is 7.99. The van der Waals surface area contributed by atoms with Gasteiger partial charge in [0.1, 0.15) is 0 Å². The number of nitrogens with zero attached hydrogens (tertiary/aromatic N) is 1. The van der Waals surface area contributed by atoms with Crippen molar-refractivity contribution in [2.24, 2.45) is 0 Å². The van der Waals surface area contributed by atoms with Crippen LogP contribution in [0, 0.1) is 0 Å². The molecule has 1 fully saturated rings. The van der Waals surface area contributed by atoms with Crippen molar-refractivity contribution >= 4 is 29.3 Å². The molecule has 1 amide bonds. The second-order valence-corrected chi connectivity index (χ2v) is 5.65. The zero-order chi connectivity index (χ0) is 13.0. The van der Waals surface area contributed by atoms with Crippen LogP contribution in [0.3, 0.4) is 0 Å². The van der Waals surface area contributed by atoms with E-state index in [9.17, 15) is 4.79 Å². The van der Waals surface area contributed by atoms with E-state index in [4.69, 9.17) is 11.6 Å². The molecular weight excluding hydrogens is 268 g/mol. The van der Waals surface area contributed by atoms with Gasteiger partial charge in [-0.05, 0) is 18.6 Å². The summed E-state index contributed by atoms with van der Waals surface area (Å²) in [4.78, 5) is 14.2. The average Bonchev–Trinajstić information content (AvgIpc) is 2.91. The van der Waals surface area contributed by atoms with E-state index in [-0.39, 0.29) is 11.9 Å². The number of carbonyl (C=O) groups is 1. The van der Waals surface area contributed by atoms with Gasteiger partial charge in [0.25, 0.3) is 0 Å². The van der Waals surface area contributed by atoms with E-state index in [2.05, 4.69) is 5.32 Å². The van der Waals surface area contributed by atoms with Gasteiger partial charge in [0, 0.05) is 29.7 Å². The summed E-state index contributed by atoms with van der Waals surface area (Å²) in [6.07, 6.45) is 0. The number of carbonyl (C=O) groups excluding carboxylic acids is 1. The van der Waals surface area contributed by atoms with Gasteiger partial charge in [-0.3, -0.25) is 10.1 Å². The molecule has 98 valence electrons. The lowest BCUT2D eigenvalue weighted by Crippen LogP contribution is -2.44. The Morgan fingerprint density at radius 2 is 2.33 bits per heavy atom. The summed E-state index contributed by atoms with van der Waals surface area (Å²) in [6, 6.07) is 7.63. The van der Waals surface area contributed by atoms with Crippen molar-refractivity contribution in [1.82, 2.24) is 10.2 Å². The maximum Gasteiger partial charge on any atom is 0.240 e. The summed E-state index contributed by atoms with van der Waals surface area (Å²) >= 11 is 7.90. The lowest BCUT2D eigenvalue weighted by atomic mass is 10.2. The fourth-order valence-corrected chi connectivity index (χ4v) is 3.08. The predicted octanol–water partition coefficient (Wildman–Crippen LogP) is 2.35. The Labute approximate surface area is 117 Å². The van der Waals surface area contributed by atoms with Crippen molar-refractivity contribution in [3.8, 4) is 0 Å². The molecule has 1 aliphatic rings. The van der Waals surface area contributed by atoms with E-state index in [1.165, 1.54) is 0 Å². The molecule has 3 nitrogen and oxygen atoms in total. The van der Waals surface area contributed by atoms with Crippen LogP contribution in [0.25, 0.3) is 0 Å². The molecule has 0 aromatic heterocycles. The second-order valence-electron chi connectivity index (χ2n) is 4.22. The molecule has 1 aromatic carbocycles. The van der Waals surface area contributed by atoms with Crippen LogP contribution in [-0.2, 0) is 11.3 Å². The van der Waals surface area contributed by atoms with Gasteiger partial charge >= 0.3 is 0 Å². The molecule has 1 heterocycles. The molecule has 1 N–H and O–H groups in total. The minimum atomic E-state index is -0.0440. The predicted molar refractivity (Wildman–Crippen MR) is 76.8 cm³/mol. The van der Waals surface area contributed by atoms with Crippen molar-refractivity contribution < 1.29 is 4.79 Å². The van der Waals surface area contributed by atoms with Crippen LogP contribution in [0.4, 0.5) is 0 Å². The zero-order valence-electron chi connectivity index (χ0n) is 10.4.